The van der Waals surface area contributed by atoms with E-state index in [1.807, 2.05) is 6.92 Å². The average Bonchev–Trinajstić information content (AvgIpc) is 2.72. The first-order valence-corrected chi connectivity index (χ1v) is 8.30. The third-order valence-electron chi connectivity index (χ3n) is 3.59. The van der Waals surface area contributed by atoms with Crippen LogP contribution in [0.3, 0.4) is 0 Å². The molecule has 0 aromatic carbocycles. The molecule has 0 radical (unpaired) electrons. The summed E-state index contributed by atoms with van der Waals surface area (Å²) >= 11 is 3.68. The smallest absolute Gasteiger partial charge is 0.0738 e. The predicted octanol–water partition coefficient (Wildman–Crippen LogP) is 3.31. The van der Waals surface area contributed by atoms with E-state index in [1.54, 1.807) is 7.11 Å². The monoisotopic (exact) mass is 345 g/mol. The number of nitrogens with one attached hydrogen (secondary N) is 1. The van der Waals surface area contributed by atoms with Gasteiger partial charge in [-0.1, -0.05) is 6.92 Å². The van der Waals surface area contributed by atoms with Crippen LogP contribution in [0, 0.1) is 6.92 Å². The molecular formula is C15H28BrN3O. The Morgan fingerprint density at radius 1 is 1.40 bits per heavy atom. The van der Waals surface area contributed by atoms with Crippen molar-refractivity contribution in [2.75, 3.05) is 13.7 Å². The van der Waals surface area contributed by atoms with Crippen LogP contribution in [0.4, 0.5) is 0 Å². The summed E-state index contributed by atoms with van der Waals surface area (Å²) in [5, 5.41) is 8.20. The van der Waals surface area contributed by atoms with Crippen LogP contribution in [0.2, 0.25) is 0 Å². The van der Waals surface area contributed by atoms with Crippen LogP contribution in [-0.4, -0.2) is 35.6 Å². The largest absolute Gasteiger partial charge is 0.382 e. The molecule has 20 heavy (non-hydrogen) atoms. The summed E-state index contributed by atoms with van der Waals surface area (Å²) in [7, 11) is 1.78. The third-order valence-corrected chi connectivity index (χ3v) is 4.63. The van der Waals surface area contributed by atoms with E-state index in [-0.39, 0.29) is 6.10 Å². The molecule has 1 aromatic rings. The van der Waals surface area contributed by atoms with Gasteiger partial charge in [0.05, 0.1) is 22.0 Å². The van der Waals surface area contributed by atoms with Crippen LogP contribution in [0.1, 0.15) is 45.0 Å². The second kappa shape index (κ2) is 8.80. The Hall–Kier alpha value is -0.390. The van der Waals surface area contributed by atoms with E-state index in [1.165, 1.54) is 5.69 Å². The molecule has 0 spiro atoms. The van der Waals surface area contributed by atoms with Crippen LogP contribution in [-0.2, 0) is 17.7 Å². The number of aryl methyl sites for hydroxylation is 2. The van der Waals surface area contributed by atoms with Gasteiger partial charge in [-0.3, -0.25) is 4.68 Å². The molecule has 116 valence electrons. The van der Waals surface area contributed by atoms with Crippen LogP contribution in [0.5, 0.6) is 0 Å². The maximum atomic E-state index is 5.42. The van der Waals surface area contributed by atoms with Gasteiger partial charge in [-0.05, 0) is 56.1 Å². The standard InChI is InChI=1S/C15H28BrN3O/c1-6-8-17-13(9-11(3)20-5)10-14-15(16)12(4)18-19(14)7-2/h11,13,17H,6-10H2,1-5H3. The number of hydrogen-bond acceptors (Lipinski definition) is 3. The molecule has 0 saturated carbocycles. The molecule has 0 fully saturated rings. The van der Waals surface area contributed by atoms with Crippen LogP contribution in [0.15, 0.2) is 4.47 Å². The van der Waals surface area contributed by atoms with Crippen LogP contribution in [0.25, 0.3) is 0 Å². The van der Waals surface area contributed by atoms with E-state index < -0.39 is 0 Å². The molecule has 0 aliphatic rings. The number of aromatic nitrogens is 2. The zero-order valence-electron chi connectivity index (χ0n) is 13.4. The molecule has 0 saturated heterocycles. The molecule has 1 heterocycles. The Bertz CT molecular complexity index is 406. The predicted molar refractivity (Wildman–Crippen MR) is 87.2 cm³/mol. The summed E-state index contributed by atoms with van der Waals surface area (Å²) in [6, 6.07) is 0.419. The SMILES string of the molecule is CCCNC(Cc1c(Br)c(C)nn1CC)CC(C)OC. The van der Waals surface area contributed by atoms with Crippen molar-refractivity contribution >= 4 is 15.9 Å². The summed E-state index contributed by atoms with van der Waals surface area (Å²) in [6.45, 7) is 10.4. The maximum absolute atomic E-state index is 5.42. The molecule has 1 aromatic heterocycles. The van der Waals surface area contributed by atoms with Crippen molar-refractivity contribution in [2.24, 2.45) is 0 Å². The highest BCUT2D eigenvalue weighted by molar-refractivity contribution is 9.10. The minimum atomic E-state index is 0.266. The summed E-state index contributed by atoms with van der Waals surface area (Å²) in [6.07, 6.45) is 3.40. The van der Waals surface area contributed by atoms with Gasteiger partial charge >= 0.3 is 0 Å². The van der Waals surface area contributed by atoms with Crippen molar-refractivity contribution in [3.05, 3.63) is 15.9 Å². The van der Waals surface area contributed by atoms with Crippen molar-refractivity contribution in [3.8, 4) is 0 Å². The quantitative estimate of drug-likeness (QED) is 0.746. The Balaban J connectivity index is 2.82. The maximum Gasteiger partial charge on any atom is 0.0738 e. The Kier molecular flexibility index (Phi) is 7.77. The van der Waals surface area contributed by atoms with Crippen molar-refractivity contribution in [1.82, 2.24) is 15.1 Å². The number of halogens is 1. The zero-order valence-corrected chi connectivity index (χ0v) is 15.0. The van der Waals surface area contributed by atoms with Crippen molar-refractivity contribution < 1.29 is 4.74 Å². The molecule has 5 heteroatoms. The van der Waals surface area contributed by atoms with E-state index in [2.05, 4.69) is 51.8 Å². The molecule has 0 bridgehead atoms. The van der Waals surface area contributed by atoms with E-state index in [9.17, 15) is 0 Å². The minimum absolute atomic E-state index is 0.266. The molecular weight excluding hydrogens is 318 g/mol. The molecule has 4 nitrogen and oxygen atoms in total. The van der Waals surface area contributed by atoms with Crippen molar-refractivity contribution in [1.29, 1.82) is 0 Å². The van der Waals surface area contributed by atoms with E-state index in [0.29, 0.717) is 6.04 Å². The molecule has 2 unspecified atom stereocenters. The molecule has 0 aliphatic carbocycles. The Morgan fingerprint density at radius 3 is 2.65 bits per heavy atom. The van der Waals surface area contributed by atoms with Gasteiger partial charge in [0.2, 0.25) is 0 Å². The lowest BCUT2D eigenvalue weighted by atomic mass is 10.0. The zero-order chi connectivity index (χ0) is 15.1. The molecule has 0 amide bonds. The van der Waals surface area contributed by atoms with Crippen molar-refractivity contribution in [2.45, 2.75) is 65.6 Å². The number of nitrogens with zero attached hydrogens (tertiary/aromatic N) is 2. The van der Waals surface area contributed by atoms with Gasteiger partial charge in [-0.15, -0.1) is 0 Å². The summed E-state index contributed by atoms with van der Waals surface area (Å²) in [5.74, 6) is 0. The average molecular weight is 346 g/mol. The Labute approximate surface area is 131 Å². The first kappa shape index (κ1) is 17.7. The van der Waals surface area contributed by atoms with Crippen LogP contribution < -0.4 is 5.32 Å². The Morgan fingerprint density at radius 2 is 2.10 bits per heavy atom. The lowest BCUT2D eigenvalue weighted by Crippen LogP contribution is -2.35. The fourth-order valence-corrected chi connectivity index (χ4v) is 2.83. The van der Waals surface area contributed by atoms with E-state index in [4.69, 9.17) is 4.74 Å². The van der Waals surface area contributed by atoms with Crippen LogP contribution >= 0.6 is 15.9 Å². The number of hydrogen-bond donors (Lipinski definition) is 1. The van der Waals surface area contributed by atoms with E-state index in [0.717, 1.165) is 42.5 Å². The number of ether oxygens (including phenoxy) is 1. The first-order chi connectivity index (χ1) is 9.53. The van der Waals surface area contributed by atoms with E-state index >= 15 is 0 Å². The van der Waals surface area contributed by atoms with Gasteiger partial charge < -0.3 is 10.1 Å². The summed E-state index contributed by atoms with van der Waals surface area (Å²) < 4.78 is 8.66. The molecule has 1 N–H and O–H groups in total. The fraction of sp³-hybridized carbons (Fsp3) is 0.800. The van der Waals surface area contributed by atoms with Gasteiger partial charge in [0, 0.05) is 26.1 Å². The topological polar surface area (TPSA) is 39.1 Å². The third kappa shape index (κ3) is 4.86. The lowest BCUT2D eigenvalue weighted by molar-refractivity contribution is 0.100. The van der Waals surface area contributed by atoms with Gasteiger partial charge in [0.1, 0.15) is 0 Å². The van der Waals surface area contributed by atoms with Gasteiger partial charge in [-0.2, -0.15) is 5.10 Å². The molecule has 0 aliphatic heterocycles. The van der Waals surface area contributed by atoms with Gasteiger partial charge in [0.15, 0.2) is 0 Å². The summed E-state index contributed by atoms with van der Waals surface area (Å²) in [5.41, 5.74) is 2.35. The first-order valence-electron chi connectivity index (χ1n) is 7.51. The highest BCUT2D eigenvalue weighted by Crippen LogP contribution is 2.23. The summed E-state index contributed by atoms with van der Waals surface area (Å²) in [4.78, 5) is 0. The van der Waals surface area contributed by atoms with Gasteiger partial charge in [0.25, 0.3) is 0 Å². The highest BCUT2D eigenvalue weighted by Gasteiger charge is 2.19. The molecule has 1 rings (SSSR count). The number of rotatable bonds is 9. The second-order valence-corrected chi connectivity index (χ2v) is 6.09. The fourth-order valence-electron chi connectivity index (χ4n) is 2.38. The van der Waals surface area contributed by atoms with Gasteiger partial charge in [-0.25, -0.2) is 0 Å². The molecule has 2 atom stereocenters. The second-order valence-electron chi connectivity index (χ2n) is 5.30. The highest BCUT2D eigenvalue weighted by atomic mass is 79.9. The normalized spacial score (nSPS) is 14.5. The van der Waals surface area contributed by atoms with Crippen molar-refractivity contribution in [3.63, 3.8) is 0 Å². The number of methoxy groups -OCH3 is 1. The minimum Gasteiger partial charge on any atom is -0.382 e. The lowest BCUT2D eigenvalue weighted by Gasteiger charge is -2.22.